The monoisotopic (exact) mass is 423 g/mol. The third-order valence-electron chi connectivity index (χ3n) is 4.80. The van der Waals surface area contributed by atoms with Crippen molar-refractivity contribution in [2.45, 2.75) is 39.4 Å². The quantitative estimate of drug-likeness (QED) is 0.701. The Morgan fingerprint density at radius 2 is 1.87 bits per heavy atom. The summed E-state index contributed by atoms with van der Waals surface area (Å²) in [5.41, 5.74) is 2.96. The van der Waals surface area contributed by atoms with Crippen LogP contribution in [0.3, 0.4) is 0 Å². The van der Waals surface area contributed by atoms with Crippen LogP contribution in [-0.2, 0) is 16.1 Å². The van der Waals surface area contributed by atoms with Crippen molar-refractivity contribution in [3.63, 3.8) is 0 Å². The molecule has 0 N–H and O–H groups in total. The third-order valence-corrected chi connectivity index (χ3v) is 4.80. The number of ether oxygens (including phenoxy) is 2. The summed E-state index contributed by atoms with van der Waals surface area (Å²) < 4.78 is 10.8. The smallest absolute Gasteiger partial charge is 0.414 e. The first-order valence-electron chi connectivity index (χ1n) is 10.3. The van der Waals surface area contributed by atoms with Crippen LogP contribution in [0.15, 0.2) is 54.7 Å². The zero-order valence-electron chi connectivity index (χ0n) is 18.5. The zero-order chi connectivity index (χ0) is 22.4. The summed E-state index contributed by atoms with van der Waals surface area (Å²) >= 11 is 0. The van der Waals surface area contributed by atoms with E-state index in [1.54, 1.807) is 18.1 Å². The molecule has 2 aromatic rings. The minimum absolute atomic E-state index is 0.265. The summed E-state index contributed by atoms with van der Waals surface area (Å²) in [6, 6.07) is 13.3. The lowest BCUT2D eigenvalue weighted by Gasteiger charge is -2.26. The van der Waals surface area contributed by atoms with Gasteiger partial charge >= 0.3 is 12.2 Å². The van der Waals surface area contributed by atoms with E-state index in [1.165, 1.54) is 4.90 Å². The van der Waals surface area contributed by atoms with Gasteiger partial charge in [0, 0.05) is 20.1 Å². The second-order valence-corrected chi connectivity index (χ2v) is 8.41. The lowest BCUT2D eigenvalue weighted by Crippen LogP contribution is -2.35. The lowest BCUT2D eigenvalue weighted by molar-refractivity contribution is 0.0589. The predicted octanol–water partition coefficient (Wildman–Crippen LogP) is 4.88. The average Bonchev–Trinajstić information content (AvgIpc) is 2.77. The van der Waals surface area contributed by atoms with Gasteiger partial charge in [0.1, 0.15) is 12.2 Å². The summed E-state index contributed by atoms with van der Waals surface area (Å²) in [4.78, 5) is 32.1. The van der Waals surface area contributed by atoms with Gasteiger partial charge in [-0.25, -0.2) is 9.59 Å². The number of carbonyl (C=O) groups excluding carboxylic acids is 2. The molecule has 0 bridgehead atoms. The van der Waals surface area contributed by atoms with E-state index in [4.69, 9.17) is 9.47 Å². The van der Waals surface area contributed by atoms with Gasteiger partial charge in [0.05, 0.1) is 17.6 Å². The molecule has 0 aliphatic carbocycles. The fraction of sp³-hybridized carbons (Fsp3) is 0.375. The molecule has 2 amide bonds. The topological polar surface area (TPSA) is 72.0 Å². The van der Waals surface area contributed by atoms with E-state index in [2.05, 4.69) is 4.98 Å². The summed E-state index contributed by atoms with van der Waals surface area (Å²) in [5, 5.41) is 0. The normalized spacial score (nSPS) is 13.9. The fourth-order valence-electron chi connectivity index (χ4n) is 3.09. The highest BCUT2D eigenvalue weighted by molar-refractivity contribution is 5.87. The molecule has 1 aliphatic rings. The first kappa shape index (κ1) is 22.3. The van der Waals surface area contributed by atoms with Crippen LogP contribution < -0.4 is 4.90 Å². The molecule has 31 heavy (non-hydrogen) atoms. The highest BCUT2D eigenvalue weighted by atomic mass is 16.6. The summed E-state index contributed by atoms with van der Waals surface area (Å²) in [6.07, 6.45) is 3.59. The molecule has 0 spiro atoms. The van der Waals surface area contributed by atoms with Gasteiger partial charge in [-0.3, -0.25) is 9.88 Å². The Morgan fingerprint density at radius 3 is 2.45 bits per heavy atom. The molecule has 0 radical (unpaired) electrons. The molecular formula is C24H29N3O4. The number of benzene rings is 1. The van der Waals surface area contributed by atoms with E-state index in [0.717, 1.165) is 16.8 Å². The number of amides is 2. The SMILES string of the molecule is CN(C(=O)OC(C)(C)C)c1ccc(C2=CCN(C(=O)OCc3ccccc3)CC2)nc1. The molecule has 0 saturated heterocycles. The second kappa shape index (κ2) is 9.64. The Balaban J connectivity index is 1.55. The number of carbonyl (C=O) groups is 2. The van der Waals surface area contributed by atoms with Crippen LogP contribution >= 0.6 is 0 Å². The maximum absolute atomic E-state index is 12.3. The minimum atomic E-state index is -0.556. The van der Waals surface area contributed by atoms with E-state index in [-0.39, 0.29) is 12.7 Å². The van der Waals surface area contributed by atoms with Crippen molar-refractivity contribution < 1.29 is 19.1 Å². The molecule has 0 atom stereocenters. The summed E-state index contributed by atoms with van der Waals surface area (Å²) in [6.45, 7) is 6.80. The van der Waals surface area contributed by atoms with Gasteiger partial charge < -0.3 is 14.4 Å². The Morgan fingerprint density at radius 1 is 1.13 bits per heavy atom. The number of hydrogen-bond donors (Lipinski definition) is 0. The van der Waals surface area contributed by atoms with Crippen molar-refractivity contribution in [2.75, 3.05) is 25.0 Å². The summed E-state index contributed by atoms with van der Waals surface area (Å²) in [7, 11) is 1.66. The van der Waals surface area contributed by atoms with Gasteiger partial charge in [-0.05, 0) is 50.5 Å². The van der Waals surface area contributed by atoms with E-state index < -0.39 is 11.7 Å². The lowest BCUT2D eigenvalue weighted by atomic mass is 10.0. The van der Waals surface area contributed by atoms with Crippen LogP contribution in [0.25, 0.3) is 5.57 Å². The number of pyridine rings is 1. The van der Waals surface area contributed by atoms with Gasteiger partial charge in [-0.15, -0.1) is 0 Å². The van der Waals surface area contributed by atoms with Gasteiger partial charge in [0.25, 0.3) is 0 Å². The first-order valence-corrected chi connectivity index (χ1v) is 10.3. The average molecular weight is 424 g/mol. The Labute approximate surface area is 183 Å². The zero-order valence-corrected chi connectivity index (χ0v) is 18.5. The largest absolute Gasteiger partial charge is 0.445 e. The molecule has 0 unspecified atom stereocenters. The Hall–Kier alpha value is -3.35. The highest BCUT2D eigenvalue weighted by Gasteiger charge is 2.22. The maximum atomic E-state index is 12.3. The summed E-state index contributed by atoms with van der Waals surface area (Å²) in [5.74, 6) is 0. The van der Waals surface area contributed by atoms with Crippen molar-refractivity contribution >= 4 is 23.4 Å². The van der Waals surface area contributed by atoms with Crippen molar-refractivity contribution in [2.24, 2.45) is 0 Å². The standard InChI is InChI=1S/C24H29N3O4/c1-24(2,3)31-22(28)26(4)20-10-11-21(25-16-20)19-12-14-27(15-13-19)23(29)30-17-18-8-6-5-7-9-18/h5-12,16H,13-15,17H2,1-4H3. The van der Waals surface area contributed by atoms with Crippen LogP contribution in [0, 0.1) is 0 Å². The highest BCUT2D eigenvalue weighted by Crippen LogP contribution is 2.23. The third kappa shape index (κ3) is 6.31. The molecule has 1 aromatic heterocycles. The van der Waals surface area contributed by atoms with E-state index in [1.807, 2.05) is 69.3 Å². The van der Waals surface area contributed by atoms with Crippen LogP contribution in [0.4, 0.5) is 15.3 Å². The van der Waals surface area contributed by atoms with E-state index in [9.17, 15) is 9.59 Å². The Bertz CT molecular complexity index is 934. The number of nitrogens with zero attached hydrogens (tertiary/aromatic N) is 3. The fourth-order valence-corrected chi connectivity index (χ4v) is 3.09. The van der Waals surface area contributed by atoms with Crippen molar-refractivity contribution in [3.05, 3.63) is 66.0 Å². The molecule has 7 heteroatoms. The van der Waals surface area contributed by atoms with Gasteiger partial charge in [-0.1, -0.05) is 36.4 Å². The number of aromatic nitrogens is 1. The number of anilines is 1. The van der Waals surface area contributed by atoms with Crippen molar-refractivity contribution in [3.8, 4) is 0 Å². The molecule has 1 aliphatic heterocycles. The second-order valence-electron chi connectivity index (χ2n) is 8.41. The number of hydrogen-bond acceptors (Lipinski definition) is 5. The minimum Gasteiger partial charge on any atom is -0.445 e. The van der Waals surface area contributed by atoms with Crippen molar-refractivity contribution in [1.29, 1.82) is 0 Å². The van der Waals surface area contributed by atoms with Crippen molar-refractivity contribution in [1.82, 2.24) is 9.88 Å². The van der Waals surface area contributed by atoms with Crippen LogP contribution in [-0.4, -0.2) is 47.8 Å². The molecule has 7 nitrogen and oxygen atoms in total. The molecule has 1 aromatic carbocycles. The van der Waals surface area contributed by atoms with Gasteiger partial charge in [0.2, 0.25) is 0 Å². The number of rotatable bonds is 4. The van der Waals surface area contributed by atoms with Crippen LogP contribution in [0.2, 0.25) is 0 Å². The van der Waals surface area contributed by atoms with Gasteiger partial charge in [-0.2, -0.15) is 0 Å². The molecular weight excluding hydrogens is 394 g/mol. The van der Waals surface area contributed by atoms with Crippen LogP contribution in [0.5, 0.6) is 0 Å². The maximum Gasteiger partial charge on any atom is 0.414 e. The van der Waals surface area contributed by atoms with E-state index >= 15 is 0 Å². The first-order chi connectivity index (χ1) is 14.7. The van der Waals surface area contributed by atoms with Gasteiger partial charge in [0.15, 0.2) is 0 Å². The molecule has 164 valence electrons. The van der Waals surface area contributed by atoms with E-state index in [0.29, 0.717) is 25.2 Å². The molecule has 2 heterocycles. The molecule has 3 rings (SSSR count). The van der Waals surface area contributed by atoms with Crippen LogP contribution in [0.1, 0.15) is 38.4 Å². The Kier molecular flexibility index (Phi) is 6.95. The molecule has 0 saturated carbocycles. The predicted molar refractivity (Wildman–Crippen MR) is 120 cm³/mol. The molecule has 0 fully saturated rings.